The number of fused-ring (bicyclic) bond motifs is 1. The summed E-state index contributed by atoms with van der Waals surface area (Å²) < 4.78 is 8.28. The molecule has 8 heteroatoms. The lowest BCUT2D eigenvalue weighted by Gasteiger charge is -2.31. The van der Waals surface area contributed by atoms with E-state index < -0.39 is 0 Å². The molecule has 0 radical (unpaired) electrons. The highest BCUT2D eigenvalue weighted by molar-refractivity contribution is 7.22. The number of nitrogens with zero attached hydrogens (tertiary/aromatic N) is 4. The summed E-state index contributed by atoms with van der Waals surface area (Å²) in [5, 5.41) is 8.75. The van der Waals surface area contributed by atoms with E-state index in [2.05, 4.69) is 15.3 Å². The lowest BCUT2D eigenvalue weighted by Crippen LogP contribution is -2.43. The quantitative estimate of drug-likeness (QED) is 0.463. The molecule has 5 rings (SSSR count). The van der Waals surface area contributed by atoms with E-state index in [0.29, 0.717) is 13.1 Å². The van der Waals surface area contributed by atoms with Crippen molar-refractivity contribution in [3.63, 3.8) is 0 Å². The summed E-state index contributed by atoms with van der Waals surface area (Å²) in [4.78, 5) is 20.1. The van der Waals surface area contributed by atoms with E-state index in [9.17, 15) is 4.79 Å². The standard InChI is InChI=1S/C25H27N5O2S/c1-17-22-23(30(28-17)20-10-4-3-5-11-20)27-25(33-22)29-13-7-9-19(16-29)24(31)26-15-18-8-6-12-21(14-18)32-2/h3-6,8,10-12,14,19H,7,9,13,15-16H2,1-2H3,(H,26,31)/t19-/m0/s1. The number of hydrogen-bond donors (Lipinski definition) is 1. The van der Waals surface area contributed by atoms with Crippen LogP contribution in [0.3, 0.4) is 0 Å². The molecule has 0 aliphatic carbocycles. The summed E-state index contributed by atoms with van der Waals surface area (Å²) >= 11 is 1.66. The van der Waals surface area contributed by atoms with Gasteiger partial charge >= 0.3 is 0 Å². The fourth-order valence-corrected chi connectivity index (χ4v) is 5.31. The van der Waals surface area contributed by atoms with Crippen molar-refractivity contribution in [3.8, 4) is 11.4 Å². The van der Waals surface area contributed by atoms with Crippen LogP contribution in [0.5, 0.6) is 5.75 Å². The monoisotopic (exact) mass is 461 g/mol. The normalized spacial score (nSPS) is 16.2. The highest BCUT2D eigenvalue weighted by atomic mass is 32.1. The first-order valence-electron chi connectivity index (χ1n) is 11.2. The molecule has 0 bridgehead atoms. The highest BCUT2D eigenvalue weighted by Gasteiger charge is 2.28. The Bertz CT molecular complexity index is 1270. The maximum atomic E-state index is 12.9. The molecule has 2 aromatic heterocycles. The summed E-state index contributed by atoms with van der Waals surface area (Å²) in [6.45, 7) is 4.11. The van der Waals surface area contributed by atoms with E-state index in [-0.39, 0.29) is 11.8 Å². The molecular weight excluding hydrogens is 434 g/mol. The molecule has 0 spiro atoms. The number of carbonyl (C=O) groups is 1. The van der Waals surface area contributed by atoms with Gasteiger partial charge in [-0.15, -0.1) is 0 Å². The van der Waals surface area contributed by atoms with Gasteiger partial charge in [-0.05, 0) is 49.6 Å². The van der Waals surface area contributed by atoms with Gasteiger partial charge in [0.1, 0.15) is 5.75 Å². The van der Waals surface area contributed by atoms with Gasteiger partial charge in [0.15, 0.2) is 10.8 Å². The van der Waals surface area contributed by atoms with Crippen molar-refractivity contribution in [1.29, 1.82) is 0 Å². The van der Waals surface area contributed by atoms with Gasteiger partial charge in [0.05, 0.1) is 29.1 Å². The number of methoxy groups -OCH3 is 1. The molecule has 7 nitrogen and oxygen atoms in total. The van der Waals surface area contributed by atoms with Crippen molar-refractivity contribution in [2.24, 2.45) is 5.92 Å². The Morgan fingerprint density at radius 1 is 1.21 bits per heavy atom. The van der Waals surface area contributed by atoms with Crippen LogP contribution in [0.15, 0.2) is 54.6 Å². The van der Waals surface area contributed by atoms with Crippen LogP contribution >= 0.6 is 11.3 Å². The number of nitrogens with one attached hydrogen (secondary N) is 1. The average molecular weight is 462 g/mol. The van der Waals surface area contributed by atoms with Gasteiger partial charge in [-0.2, -0.15) is 10.1 Å². The first-order chi connectivity index (χ1) is 16.1. The molecule has 2 aromatic carbocycles. The van der Waals surface area contributed by atoms with Crippen LogP contribution in [0.25, 0.3) is 16.0 Å². The Hall–Kier alpha value is -3.39. The number of carbonyl (C=O) groups excluding carboxylic acids is 1. The SMILES string of the molecule is COc1cccc(CNC(=O)[C@H]2CCCN(c3nc4c(s3)c(C)nn4-c3ccccc3)C2)c1. The van der Waals surface area contributed by atoms with Crippen molar-refractivity contribution in [3.05, 3.63) is 65.9 Å². The molecule has 0 unspecified atom stereocenters. The van der Waals surface area contributed by atoms with Crippen LogP contribution in [0.1, 0.15) is 24.1 Å². The first-order valence-corrected chi connectivity index (χ1v) is 12.0. The third kappa shape index (κ3) is 4.43. The molecular formula is C25H27N5O2S. The second-order valence-electron chi connectivity index (χ2n) is 8.34. The zero-order chi connectivity index (χ0) is 22.8. The topological polar surface area (TPSA) is 72.3 Å². The van der Waals surface area contributed by atoms with Crippen LogP contribution in [-0.4, -0.2) is 40.9 Å². The molecule has 1 atom stereocenters. The molecule has 4 aromatic rings. The Balaban J connectivity index is 1.30. The number of para-hydroxylation sites is 1. The Labute approximate surface area is 197 Å². The van der Waals surface area contributed by atoms with Crippen molar-refractivity contribution in [2.45, 2.75) is 26.3 Å². The zero-order valence-electron chi connectivity index (χ0n) is 18.8. The van der Waals surface area contributed by atoms with Gasteiger partial charge in [0, 0.05) is 19.6 Å². The molecule has 1 aliphatic rings. The molecule has 1 aliphatic heterocycles. The Morgan fingerprint density at radius 2 is 2.06 bits per heavy atom. The molecule has 0 saturated carbocycles. The summed E-state index contributed by atoms with van der Waals surface area (Å²) in [5.74, 6) is 0.837. The van der Waals surface area contributed by atoms with Crippen LogP contribution in [0.2, 0.25) is 0 Å². The van der Waals surface area contributed by atoms with Gasteiger partial charge in [-0.3, -0.25) is 4.79 Å². The maximum Gasteiger partial charge on any atom is 0.225 e. The lowest BCUT2D eigenvalue weighted by molar-refractivity contribution is -0.125. The smallest absolute Gasteiger partial charge is 0.225 e. The van der Waals surface area contributed by atoms with Gasteiger partial charge in [-0.25, -0.2) is 4.68 Å². The molecule has 1 N–H and O–H groups in total. The summed E-state index contributed by atoms with van der Waals surface area (Å²) in [6.07, 6.45) is 1.86. The highest BCUT2D eigenvalue weighted by Crippen LogP contribution is 2.34. The number of ether oxygens (including phenoxy) is 1. The number of amides is 1. The number of aryl methyl sites for hydroxylation is 1. The van der Waals surface area contributed by atoms with Crippen molar-refractivity contribution < 1.29 is 9.53 Å². The number of thiazole rings is 1. The van der Waals surface area contributed by atoms with Crippen LogP contribution in [0, 0.1) is 12.8 Å². The van der Waals surface area contributed by atoms with Crippen molar-refractivity contribution >= 4 is 32.7 Å². The van der Waals surface area contributed by atoms with E-state index in [1.807, 2.05) is 66.2 Å². The van der Waals surface area contributed by atoms with Crippen molar-refractivity contribution in [2.75, 3.05) is 25.1 Å². The average Bonchev–Trinajstić information content (AvgIpc) is 3.44. The van der Waals surface area contributed by atoms with E-state index >= 15 is 0 Å². The first kappa shape index (κ1) is 21.5. The Kier molecular flexibility index (Phi) is 6.00. The number of hydrogen-bond acceptors (Lipinski definition) is 6. The van der Waals surface area contributed by atoms with Crippen LogP contribution in [0.4, 0.5) is 5.13 Å². The number of anilines is 1. The minimum absolute atomic E-state index is 0.0527. The van der Waals surface area contributed by atoms with E-state index in [4.69, 9.17) is 9.72 Å². The third-order valence-corrected chi connectivity index (χ3v) is 7.26. The molecule has 1 fully saturated rings. The second kappa shape index (κ2) is 9.23. The fourth-order valence-electron chi connectivity index (χ4n) is 4.29. The molecule has 3 heterocycles. The predicted octanol–water partition coefficient (Wildman–Crippen LogP) is 4.33. The number of piperidine rings is 1. The lowest BCUT2D eigenvalue weighted by atomic mass is 9.97. The minimum atomic E-state index is -0.0527. The molecule has 1 saturated heterocycles. The van der Waals surface area contributed by atoms with E-state index in [1.165, 1.54) is 0 Å². The predicted molar refractivity (Wildman–Crippen MR) is 131 cm³/mol. The summed E-state index contributed by atoms with van der Waals surface area (Å²) in [7, 11) is 1.65. The maximum absolute atomic E-state index is 12.9. The minimum Gasteiger partial charge on any atom is -0.497 e. The molecule has 33 heavy (non-hydrogen) atoms. The zero-order valence-corrected chi connectivity index (χ0v) is 19.6. The third-order valence-electron chi connectivity index (χ3n) is 6.04. The number of rotatable bonds is 6. The molecule has 170 valence electrons. The van der Waals surface area contributed by atoms with Gasteiger partial charge < -0.3 is 15.0 Å². The Morgan fingerprint density at radius 3 is 2.88 bits per heavy atom. The van der Waals surface area contributed by atoms with Crippen LogP contribution in [-0.2, 0) is 11.3 Å². The van der Waals surface area contributed by atoms with Crippen LogP contribution < -0.4 is 15.0 Å². The van der Waals surface area contributed by atoms with Gasteiger partial charge in [0.2, 0.25) is 5.91 Å². The van der Waals surface area contributed by atoms with Crippen molar-refractivity contribution in [1.82, 2.24) is 20.1 Å². The largest absolute Gasteiger partial charge is 0.497 e. The summed E-state index contributed by atoms with van der Waals surface area (Å²) in [5.41, 5.74) is 3.88. The van der Waals surface area contributed by atoms with Gasteiger partial charge in [-0.1, -0.05) is 41.7 Å². The molecule has 1 amide bonds. The second-order valence-corrected chi connectivity index (χ2v) is 9.31. The number of aromatic nitrogens is 3. The number of benzene rings is 2. The summed E-state index contributed by atoms with van der Waals surface area (Å²) in [6, 6.07) is 17.9. The fraction of sp³-hybridized carbons (Fsp3) is 0.320. The van der Waals surface area contributed by atoms with E-state index in [1.54, 1.807) is 18.4 Å². The van der Waals surface area contributed by atoms with E-state index in [0.717, 1.165) is 57.6 Å². The van der Waals surface area contributed by atoms with Gasteiger partial charge in [0.25, 0.3) is 0 Å².